The van der Waals surface area contributed by atoms with E-state index in [4.69, 9.17) is 5.73 Å². The molecule has 0 amide bonds. The van der Waals surface area contributed by atoms with Crippen molar-refractivity contribution in [1.82, 2.24) is 14.6 Å². The van der Waals surface area contributed by atoms with Crippen LogP contribution in [0.5, 0.6) is 0 Å². The minimum Gasteiger partial charge on any atom is -0.396 e. The number of pyridine rings is 1. The van der Waals surface area contributed by atoms with Crippen molar-refractivity contribution < 1.29 is 0 Å². The van der Waals surface area contributed by atoms with Gasteiger partial charge in [0.2, 0.25) is 0 Å². The van der Waals surface area contributed by atoms with Crippen molar-refractivity contribution in [3.05, 3.63) is 47.7 Å². The zero-order valence-corrected chi connectivity index (χ0v) is 12.9. The Morgan fingerprint density at radius 2 is 1.62 bits per heavy atom. The molecule has 0 bridgehead atoms. The third-order valence-corrected chi connectivity index (χ3v) is 3.79. The second kappa shape index (κ2) is 4.58. The van der Waals surface area contributed by atoms with E-state index in [-0.39, 0.29) is 5.41 Å². The summed E-state index contributed by atoms with van der Waals surface area (Å²) in [5.74, 6) is 0.829. The fourth-order valence-corrected chi connectivity index (χ4v) is 2.47. The Balaban J connectivity index is 2.15. The van der Waals surface area contributed by atoms with Gasteiger partial charge in [-0.1, -0.05) is 45.0 Å². The van der Waals surface area contributed by atoms with E-state index in [1.54, 1.807) is 0 Å². The van der Waals surface area contributed by atoms with E-state index >= 15 is 0 Å². The van der Waals surface area contributed by atoms with Gasteiger partial charge in [0.05, 0.1) is 5.69 Å². The second-order valence-electron chi connectivity index (χ2n) is 6.44. The lowest BCUT2D eigenvalue weighted by Crippen LogP contribution is -2.10. The van der Waals surface area contributed by atoms with Gasteiger partial charge in [-0.3, -0.25) is 4.40 Å². The summed E-state index contributed by atoms with van der Waals surface area (Å²) in [5, 5.41) is 8.53. The highest BCUT2D eigenvalue weighted by atomic mass is 15.3. The Hall–Kier alpha value is -2.36. The van der Waals surface area contributed by atoms with Crippen LogP contribution in [0.3, 0.4) is 0 Å². The summed E-state index contributed by atoms with van der Waals surface area (Å²) in [5.41, 5.74) is 10.9. The number of hydrogen-bond acceptors (Lipinski definition) is 3. The average molecular weight is 280 g/mol. The molecule has 2 heterocycles. The van der Waals surface area contributed by atoms with Crippen LogP contribution in [0.4, 0.5) is 5.69 Å². The Morgan fingerprint density at radius 3 is 2.24 bits per heavy atom. The van der Waals surface area contributed by atoms with Gasteiger partial charge in [0.15, 0.2) is 11.5 Å². The summed E-state index contributed by atoms with van der Waals surface area (Å²) in [4.78, 5) is 0. The van der Waals surface area contributed by atoms with Gasteiger partial charge in [-0.2, -0.15) is 0 Å². The van der Waals surface area contributed by atoms with Crippen molar-refractivity contribution >= 4 is 11.3 Å². The van der Waals surface area contributed by atoms with Crippen LogP contribution in [0.15, 0.2) is 36.4 Å². The van der Waals surface area contributed by atoms with E-state index < -0.39 is 0 Å². The van der Waals surface area contributed by atoms with Crippen LogP contribution < -0.4 is 5.73 Å². The van der Waals surface area contributed by atoms with E-state index in [2.05, 4.69) is 55.2 Å². The van der Waals surface area contributed by atoms with Gasteiger partial charge in [-0.15, -0.1) is 10.2 Å². The van der Waals surface area contributed by atoms with Crippen LogP contribution in [-0.2, 0) is 5.41 Å². The molecule has 0 aliphatic carbocycles. The van der Waals surface area contributed by atoms with E-state index in [0.717, 1.165) is 17.1 Å². The van der Waals surface area contributed by atoms with Crippen LogP contribution >= 0.6 is 0 Å². The molecule has 0 saturated carbocycles. The average Bonchev–Trinajstić information content (AvgIpc) is 2.88. The van der Waals surface area contributed by atoms with E-state index in [1.165, 1.54) is 5.56 Å². The van der Waals surface area contributed by atoms with Crippen LogP contribution in [-0.4, -0.2) is 14.6 Å². The lowest BCUT2D eigenvalue weighted by Gasteiger charge is -2.19. The molecule has 4 nitrogen and oxygen atoms in total. The number of aromatic nitrogens is 3. The molecule has 0 saturated heterocycles. The molecule has 3 rings (SSSR count). The molecule has 2 aromatic heterocycles. The standard InChI is InChI=1S/C17H20N4/c1-11-5-10-14(18)16-20-19-15(21(11)16)12-6-8-13(9-7-12)17(2,3)4/h5-10H,18H2,1-4H3. The summed E-state index contributed by atoms with van der Waals surface area (Å²) in [7, 11) is 0. The van der Waals surface area contributed by atoms with Gasteiger partial charge in [-0.25, -0.2) is 0 Å². The third kappa shape index (κ3) is 2.27. The number of nitrogens with two attached hydrogens (primary N) is 1. The molecule has 0 aliphatic heterocycles. The van der Waals surface area contributed by atoms with Crippen LogP contribution in [0.1, 0.15) is 32.0 Å². The Morgan fingerprint density at radius 1 is 0.952 bits per heavy atom. The second-order valence-corrected chi connectivity index (χ2v) is 6.44. The quantitative estimate of drug-likeness (QED) is 0.741. The predicted molar refractivity (Wildman–Crippen MR) is 86.3 cm³/mol. The van der Waals surface area contributed by atoms with E-state index in [9.17, 15) is 0 Å². The number of rotatable bonds is 1. The molecular weight excluding hydrogens is 260 g/mol. The molecule has 1 aromatic carbocycles. The molecule has 2 N–H and O–H groups in total. The van der Waals surface area contributed by atoms with Crippen molar-refractivity contribution in [1.29, 1.82) is 0 Å². The van der Waals surface area contributed by atoms with Crippen molar-refractivity contribution in [2.45, 2.75) is 33.1 Å². The Bertz CT molecular complexity index is 792. The Labute approximate surface area is 124 Å². The van der Waals surface area contributed by atoms with Crippen molar-refractivity contribution in [2.75, 3.05) is 5.73 Å². The number of anilines is 1. The number of fused-ring (bicyclic) bond motifs is 1. The van der Waals surface area contributed by atoms with Gasteiger partial charge in [0.25, 0.3) is 0 Å². The minimum atomic E-state index is 0.145. The largest absolute Gasteiger partial charge is 0.396 e. The zero-order chi connectivity index (χ0) is 15.2. The Kier molecular flexibility index (Phi) is 2.97. The molecule has 0 radical (unpaired) electrons. The third-order valence-electron chi connectivity index (χ3n) is 3.79. The lowest BCUT2D eigenvalue weighted by atomic mass is 9.87. The zero-order valence-electron chi connectivity index (χ0n) is 12.9. The topological polar surface area (TPSA) is 56.2 Å². The first-order valence-corrected chi connectivity index (χ1v) is 7.09. The van der Waals surface area contributed by atoms with Crippen LogP contribution in [0.25, 0.3) is 17.0 Å². The molecule has 0 fully saturated rings. The highest BCUT2D eigenvalue weighted by molar-refractivity contribution is 5.70. The predicted octanol–water partition coefficient (Wildman–Crippen LogP) is 3.58. The summed E-state index contributed by atoms with van der Waals surface area (Å²) in [6.45, 7) is 8.65. The fourth-order valence-electron chi connectivity index (χ4n) is 2.47. The van der Waals surface area contributed by atoms with Crippen LogP contribution in [0.2, 0.25) is 0 Å². The number of benzene rings is 1. The molecule has 0 spiro atoms. The number of hydrogen-bond donors (Lipinski definition) is 1. The first kappa shape index (κ1) is 13.6. The maximum atomic E-state index is 5.97. The smallest absolute Gasteiger partial charge is 0.184 e. The molecule has 0 unspecified atom stereocenters. The maximum Gasteiger partial charge on any atom is 0.184 e. The summed E-state index contributed by atoms with van der Waals surface area (Å²) >= 11 is 0. The molecule has 0 atom stereocenters. The highest BCUT2D eigenvalue weighted by Gasteiger charge is 2.15. The summed E-state index contributed by atoms with van der Waals surface area (Å²) in [6, 6.07) is 12.3. The first-order valence-electron chi connectivity index (χ1n) is 7.09. The highest BCUT2D eigenvalue weighted by Crippen LogP contribution is 2.27. The monoisotopic (exact) mass is 280 g/mol. The van der Waals surface area contributed by atoms with Gasteiger partial charge in [-0.05, 0) is 30.0 Å². The van der Waals surface area contributed by atoms with Gasteiger partial charge in [0.1, 0.15) is 0 Å². The van der Waals surface area contributed by atoms with Gasteiger partial charge < -0.3 is 5.73 Å². The maximum absolute atomic E-state index is 5.97. The molecule has 108 valence electrons. The van der Waals surface area contributed by atoms with Crippen molar-refractivity contribution in [3.63, 3.8) is 0 Å². The number of nitrogens with zero attached hydrogens (tertiary/aromatic N) is 3. The normalized spacial score (nSPS) is 12.0. The van der Waals surface area contributed by atoms with E-state index in [1.807, 2.05) is 23.5 Å². The molecule has 4 heteroatoms. The molecule has 0 aliphatic rings. The van der Waals surface area contributed by atoms with Gasteiger partial charge >= 0.3 is 0 Å². The van der Waals surface area contributed by atoms with Crippen molar-refractivity contribution in [2.24, 2.45) is 0 Å². The fraction of sp³-hybridized carbons (Fsp3) is 0.294. The SMILES string of the molecule is Cc1ccc(N)c2nnc(-c3ccc(C(C)(C)C)cc3)n12. The number of aryl methyl sites for hydroxylation is 1. The molecular formula is C17H20N4. The van der Waals surface area contributed by atoms with Gasteiger partial charge in [0, 0.05) is 11.3 Å². The number of nitrogen functional groups attached to an aromatic ring is 1. The van der Waals surface area contributed by atoms with Crippen LogP contribution in [0, 0.1) is 6.92 Å². The lowest BCUT2D eigenvalue weighted by molar-refractivity contribution is 0.590. The summed E-state index contributed by atoms with van der Waals surface area (Å²) in [6.07, 6.45) is 0. The first-order chi connectivity index (χ1) is 9.88. The summed E-state index contributed by atoms with van der Waals surface area (Å²) < 4.78 is 2.00. The minimum absolute atomic E-state index is 0.145. The van der Waals surface area contributed by atoms with E-state index in [0.29, 0.717) is 11.3 Å². The van der Waals surface area contributed by atoms with Crippen molar-refractivity contribution in [3.8, 4) is 11.4 Å². The molecule has 3 aromatic rings. The molecule has 21 heavy (non-hydrogen) atoms.